The van der Waals surface area contributed by atoms with E-state index >= 15 is 0 Å². The average Bonchev–Trinajstić information content (AvgIpc) is 3.15. The van der Waals surface area contributed by atoms with Crippen molar-refractivity contribution < 1.29 is 23.5 Å². The van der Waals surface area contributed by atoms with Crippen molar-refractivity contribution in [3.63, 3.8) is 0 Å². The van der Waals surface area contributed by atoms with Crippen LogP contribution >= 0.6 is 23.4 Å². The van der Waals surface area contributed by atoms with Gasteiger partial charge in [0, 0.05) is 5.02 Å². The summed E-state index contributed by atoms with van der Waals surface area (Å²) in [6.07, 6.45) is 1.61. The summed E-state index contributed by atoms with van der Waals surface area (Å²) in [5, 5.41) is 0.133. The molecule has 2 heterocycles. The molecule has 1 saturated heterocycles. The quantitative estimate of drug-likeness (QED) is 0.593. The van der Waals surface area contributed by atoms with Crippen molar-refractivity contribution in [2.24, 2.45) is 0 Å². The average molecular weight is 378 g/mol. The zero-order valence-electron chi connectivity index (χ0n) is 13.0. The minimum Gasteiger partial charge on any atom is -0.463 e. The molecule has 1 aliphatic rings. The van der Waals surface area contributed by atoms with Gasteiger partial charge in [-0.15, -0.1) is 0 Å². The third-order valence-corrected chi connectivity index (χ3v) is 4.52. The summed E-state index contributed by atoms with van der Waals surface area (Å²) in [5.41, 5.74) is 0.726. The van der Waals surface area contributed by atoms with E-state index in [2.05, 4.69) is 4.74 Å². The fourth-order valence-electron chi connectivity index (χ4n) is 2.21. The van der Waals surface area contributed by atoms with Crippen molar-refractivity contribution in [2.75, 3.05) is 7.11 Å². The SMILES string of the molecule is COC(=O)c1ccc(CN2C(=O)SC(=Cc3cccc(Cl)c3)C2=O)o1. The molecule has 0 unspecified atom stereocenters. The maximum atomic E-state index is 12.5. The van der Waals surface area contributed by atoms with Crippen molar-refractivity contribution in [1.82, 2.24) is 4.90 Å². The Balaban J connectivity index is 1.77. The summed E-state index contributed by atoms with van der Waals surface area (Å²) in [4.78, 5) is 37.3. The molecule has 25 heavy (non-hydrogen) atoms. The predicted octanol–water partition coefficient (Wildman–Crippen LogP) is 3.96. The van der Waals surface area contributed by atoms with Crippen LogP contribution in [0.1, 0.15) is 21.9 Å². The number of hydrogen-bond acceptors (Lipinski definition) is 6. The minimum absolute atomic E-state index is 0.0129. The van der Waals surface area contributed by atoms with E-state index in [4.69, 9.17) is 16.0 Å². The molecule has 1 fully saturated rings. The van der Waals surface area contributed by atoms with Crippen LogP contribution in [-0.2, 0) is 16.1 Å². The van der Waals surface area contributed by atoms with Crippen LogP contribution in [0.2, 0.25) is 5.02 Å². The molecule has 0 radical (unpaired) electrons. The molecule has 0 atom stereocenters. The first-order valence-corrected chi connectivity index (χ1v) is 8.35. The number of rotatable bonds is 4. The van der Waals surface area contributed by atoms with Gasteiger partial charge < -0.3 is 9.15 Å². The van der Waals surface area contributed by atoms with E-state index < -0.39 is 17.1 Å². The molecule has 1 aromatic carbocycles. The number of benzene rings is 1. The van der Waals surface area contributed by atoms with Gasteiger partial charge in [0.25, 0.3) is 11.1 Å². The molecule has 0 aliphatic carbocycles. The van der Waals surface area contributed by atoms with E-state index in [0.717, 1.165) is 22.2 Å². The largest absolute Gasteiger partial charge is 0.463 e. The topological polar surface area (TPSA) is 76.8 Å². The second kappa shape index (κ2) is 7.16. The molecular formula is C17H12ClNO5S. The molecular weight excluding hydrogens is 366 g/mol. The molecule has 8 heteroatoms. The number of thioether (sulfide) groups is 1. The fraction of sp³-hybridized carbons (Fsp3) is 0.118. The summed E-state index contributed by atoms with van der Waals surface area (Å²) in [6, 6.07) is 9.92. The zero-order chi connectivity index (χ0) is 18.0. The van der Waals surface area contributed by atoms with E-state index in [1.54, 1.807) is 30.3 Å². The smallest absolute Gasteiger partial charge is 0.373 e. The van der Waals surface area contributed by atoms with E-state index in [9.17, 15) is 14.4 Å². The highest BCUT2D eigenvalue weighted by Gasteiger charge is 2.35. The first-order valence-electron chi connectivity index (χ1n) is 7.16. The van der Waals surface area contributed by atoms with Gasteiger partial charge in [0.05, 0.1) is 18.6 Å². The number of ether oxygens (including phenoxy) is 1. The maximum absolute atomic E-state index is 12.5. The predicted molar refractivity (Wildman–Crippen MR) is 93.0 cm³/mol. The van der Waals surface area contributed by atoms with Gasteiger partial charge in [-0.1, -0.05) is 23.7 Å². The van der Waals surface area contributed by atoms with E-state index in [-0.39, 0.29) is 12.3 Å². The number of methoxy groups -OCH3 is 1. The van der Waals surface area contributed by atoms with Crippen molar-refractivity contribution in [3.8, 4) is 0 Å². The highest BCUT2D eigenvalue weighted by molar-refractivity contribution is 8.18. The van der Waals surface area contributed by atoms with Gasteiger partial charge in [-0.05, 0) is 47.7 Å². The summed E-state index contributed by atoms with van der Waals surface area (Å²) in [7, 11) is 1.24. The molecule has 2 amide bonds. The lowest BCUT2D eigenvalue weighted by atomic mass is 10.2. The Hall–Kier alpha value is -2.51. The molecule has 3 rings (SSSR count). The van der Waals surface area contributed by atoms with Gasteiger partial charge >= 0.3 is 5.97 Å². The van der Waals surface area contributed by atoms with Gasteiger partial charge in [-0.25, -0.2) is 4.79 Å². The van der Waals surface area contributed by atoms with Crippen molar-refractivity contribution in [3.05, 3.63) is 63.4 Å². The molecule has 0 spiro atoms. The Labute approximate surface area is 152 Å². The lowest BCUT2D eigenvalue weighted by Crippen LogP contribution is -2.27. The second-order valence-electron chi connectivity index (χ2n) is 5.08. The second-order valence-corrected chi connectivity index (χ2v) is 6.51. The van der Waals surface area contributed by atoms with E-state index in [1.807, 2.05) is 0 Å². The molecule has 1 aromatic heterocycles. The summed E-state index contributed by atoms with van der Waals surface area (Å²) >= 11 is 6.76. The lowest BCUT2D eigenvalue weighted by molar-refractivity contribution is -0.123. The van der Waals surface area contributed by atoms with Crippen LogP contribution in [0.3, 0.4) is 0 Å². The number of amides is 2. The number of imide groups is 1. The minimum atomic E-state index is -0.624. The van der Waals surface area contributed by atoms with Crippen LogP contribution in [0, 0.1) is 0 Å². The Morgan fingerprint density at radius 1 is 1.32 bits per heavy atom. The van der Waals surface area contributed by atoms with Crippen LogP contribution in [0.5, 0.6) is 0 Å². The van der Waals surface area contributed by atoms with Gasteiger partial charge in [0.2, 0.25) is 5.76 Å². The van der Waals surface area contributed by atoms with Crippen molar-refractivity contribution in [1.29, 1.82) is 0 Å². The molecule has 6 nitrogen and oxygen atoms in total. The van der Waals surface area contributed by atoms with Crippen LogP contribution in [0.4, 0.5) is 4.79 Å². The summed E-state index contributed by atoms with van der Waals surface area (Å²) < 4.78 is 9.85. The molecule has 0 N–H and O–H groups in total. The van der Waals surface area contributed by atoms with Crippen LogP contribution in [0.25, 0.3) is 6.08 Å². The highest BCUT2D eigenvalue weighted by atomic mass is 35.5. The Bertz CT molecular complexity index is 889. The third kappa shape index (κ3) is 3.78. The van der Waals surface area contributed by atoms with Crippen LogP contribution in [0.15, 0.2) is 45.7 Å². The molecule has 0 saturated carbocycles. The number of hydrogen-bond donors (Lipinski definition) is 0. The normalized spacial score (nSPS) is 15.9. The Kier molecular flexibility index (Phi) is 4.96. The Morgan fingerprint density at radius 3 is 2.84 bits per heavy atom. The first kappa shape index (κ1) is 17.3. The zero-order valence-corrected chi connectivity index (χ0v) is 14.6. The van der Waals surface area contributed by atoms with Gasteiger partial charge in [-0.2, -0.15) is 0 Å². The Morgan fingerprint density at radius 2 is 2.12 bits per heavy atom. The molecule has 128 valence electrons. The standard InChI is InChI=1S/C17H12ClNO5S/c1-23-16(21)13-6-5-12(24-13)9-19-15(20)14(25-17(19)22)8-10-3-2-4-11(18)7-10/h2-8H,9H2,1H3. The molecule has 0 bridgehead atoms. The fourth-order valence-corrected chi connectivity index (χ4v) is 3.25. The van der Waals surface area contributed by atoms with Gasteiger partial charge in [0.15, 0.2) is 0 Å². The van der Waals surface area contributed by atoms with Gasteiger partial charge in [0.1, 0.15) is 5.76 Å². The highest BCUT2D eigenvalue weighted by Crippen LogP contribution is 2.33. The monoisotopic (exact) mass is 377 g/mol. The number of carbonyl (C=O) groups excluding carboxylic acids is 3. The first-order chi connectivity index (χ1) is 12.0. The molecule has 2 aromatic rings. The summed E-state index contributed by atoms with van der Waals surface area (Å²) in [6.45, 7) is -0.0610. The van der Waals surface area contributed by atoms with Gasteiger partial charge in [-0.3, -0.25) is 14.5 Å². The maximum Gasteiger partial charge on any atom is 0.373 e. The molecule has 1 aliphatic heterocycles. The van der Waals surface area contributed by atoms with E-state index in [1.165, 1.54) is 19.2 Å². The summed E-state index contributed by atoms with van der Waals surface area (Å²) in [5.74, 6) is -0.724. The van der Waals surface area contributed by atoms with Crippen LogP contribution < -0.4 is 0 Å². The van der Waals surface area contributed by atoms with Crippen molar-refractivity contribution >= 4 is 46.6 Å². The number of nitrogens with zero attached hydrogens (tertiary/aromatic N) is 1. The number of esters is 1. The van der Waals surface area contributed by atoms with Crippen LogP contribution in [-0.4, -0.2) is 29.1 Å². The lowest BCUT2D eigenvalue weighted by Gasteiger charge is -2.09. The van der Waals surface area contributed by atoms with E-state index in [0.29, 0.717) is 15.7 Å². The number of furan rings is 1. The number of halogens is 1. The van der Waals surface area contributed by atoms with Crippen molar-refractivity contribution in [2.45, 2.75) is 6.54 Å². The number of carbonyl (C=O) groups is 3. The third-order valence-electron chi connectivity index (χ3n) is 3.38.